The number of nitrogens with zero attached hydrogens (tertiary/aromatic N) is 1. The minimum atomic E-state index is -0.949. The molecule has 1 heterocycles. The summed E-state index contributed by atoms with van der Waals surface area (Å²) >= 11 is 0. The van der Waals surface area contributed by atoms with E-state index >= 15 is 0 Å². The Labute approximate surface area is 92.0 Å². The fraction of sp³-hybridized carbons (Fsp3) is 0.500. The van der Waals surface area contributed by atoms with E-state index in [0.717, 1.165) is 12.8 Å². The van der Waals surface area contributed by atoms with E-state index in [0.29, 0.717) is 4.73 Å². The molecule has 88 valence electrons. The summed E-state index contributed by atoms with van der Waals surface area (Å²) in [5.41, 5.74) is 0.0692. The van der Waals surface area contributed by atoms with Gasteiger partial charge in [0.15, 0.2) is 0 Å². The molecule has 1 aliphatic carbocycles. The molecule has 6 nitrogen and oxygen atoms in total. The molecule has 0 aromatic carbocycles. The van der Waals surface area contributed by atoms with E-state index in [9.17, 15) is 15.0 Å². The first kappa shape index (κ1) is 10.7. The van der Waals surface area contributed by atoms with Crippen molar-refractivity contribution in [3.05, 3.63) is 12.1 Å². The van der Waals surface area contributed by atoms with Gasteiger partial charge in [-0.15, -0.1) is 4.73 Å². The topological polar surface area (TPSA) is 80.9 Å². The normalized spacial score (nSPS) is 16.8. The zero-order chi connectivity index (χ0) is 11.8. The molecule has 0 bridgehead atoms. The zero-order valence-corrected chi connectivity index (χ0v) is 8.84. The van der Waals surface area contributed by atoms with Crippen molar-refractivity contribution >= 4 is 6.16 Å². The van der Waals surface area contributed by atoms with Crippen molar-refractivity contribution in [3.63, 3.8) is 0 Å². The van der Waals surface area contributed by atoms with Gasteiger partial charge < -0.3 is 14.9 Å². The maximum Gasteiger partial charge on any atom is 0.533 e. The van der Waals surface area contributed by atoms with Crippen molar-refractivity contribution in [2.24, 2.45) is 5.41 Å². The molecular weight excluding hydrogens is 214 g/mol. The van der Waals surface area contributed by atoms with Gasteiger partial charge >= 0.3 is 6.16 Å². The summed E-state index contributed by atoms with van der Waals surface area (Å²) in [6.07, 6.45) is 1.11. The van der Waals surface area contributed by atoms with Crippen molar-refractivity contribution < 1.29 is 24.6 Å². The lowest BCUT2D eigenvalue weighted by molar-refractivity contribution is 0.0258. The highest BCUT2D eigenvalue weighted by atomic mass is 16.8. The average Bonchev–Trinajstić information content (AvgIpc) is 2.90. The Hall–Kier alpha value is -1.85. The SMILES string of the molecule is CC1(COC(=O)On2c(O)ccc2O)CC1. The molecular formula is C10H13NO5. The van der Waals surface area contributed by atoms with Crippen LogP contribution in [0.5, 0.6) is 11.8 Å². The third kappa shape index (κ3) is 2.21. The minimum absolute atomic E-state index is 0.0692. The third-order valence-electron chi connectivity index (χ3n) is 2.61. The van der Waals surface area contributed by atoms with E-state index in [-0.39, 0.29) is 23.8 Å². The van der Waals surface area contributed by atoms with Crippen LogP contribution in [0, 0.1) is 5.41 Å². The fourth-order valence-electron chi connectivity index (χ4n) is 1.19. The highest BCUT2D eigenvalue weighted by molar-refractivity contribution is 5.60. The van der Waals surface area contributed by atoms with Crippen LogP contribution in [0.25, 0.3) is 0 Å². The number of aromatic hydroxyl groups is 2. The number of ether oxygens (including phenoxy) is 1. The van der Waals surface area contributed by atoms with Gasteiger partial charge in [-0.25, -0.2) is 4.79 Å². The molecule has 1 aliphatic rings. The zero-order valence-electron chi connectivity index (χ0n) is 8.84. The van der Waals surface area contributed by atoms with Crippen LogP contribution in [-0.2, 0) is 4.74 Å². The van der Waals surface area contributed by atoms with E-state index in [1.54, 1.807) is 0 Å². The average molecular weight is 227 g/mol. The Bertz CT molecular complexity index is 388. The molecule has 1 fully saturated rings. The second-order valence-electron chi connectivity index (χ2n) is 4.28. The molecule has 2 N–H and O–H groups in total. The highest BCUT2D eigenvalue weighted by Crippen LogP contribution is 2.44. The van der Waals surface area contributed by atoms with E-state index < -0.39 is 6.16 Å². The van der Waals surface area contributed by atoms with Gasteiger partial charge in [0, 0.05) is 17.5 Å². The van der Waals surface area contributed by atoms with Gasteiger partial charge in [0.05, 0.1) is 0 Å². The molecule has 6 heteroatoms. The summed E-state index contributed by atoms with van der Waals surface area (Å²) < 4.78 is 5.44. The lowest BCUT2D eigenvalue weighted by Crippen LogP contribution is -2.22. The predicted octanol–water partition coefficient (Wildman–Crippen LogP) is 1.26. The van der Waals surface area contributed by atoms with Gasteiger partial charge in [-0.3, -0.25) is 4.84 Å². The predicted molar refractivity (Wildman–Crippen MR) is 53.0 cm³/mol. The number of hydrogen-bond donors (Lipinski definition) is 2. The number of carbonyl (C=O) groups excluding carboxylic acids is 1. The number of aromatic nitrogens is 1. The van der Waals surface area contributed by atoms with Gasteiger partial charge in [0.25, 0.3) is 0 Å². The molecule has 1 aromatic rings. The van der Waals surface area contributed by atoms with Gasteiger partial charge in [0.2, 0.25) is 11.8 Å². The number of rotatable bonds is 3. The summed E-state index contributed by atoms with van der Waals surface area (Å²) in [4.78, 5) is 15.8. The van der Waals surface area contributed by atoms with Crippen molar-refractivity contribution in [1.82, 2.24) is 4.73 Å². The summed E-state index contributed by atoms with van der Waals surface area (Å²) in [6, 6.07) is 2.40. The number of hydrogen-bond acceptors (Lipinski definition) is 5. The first-order chi connectivity index (χ1) is 7.50. The maximum absolute atomic E-state index is 11.2. The van der Waals surface area contributed by atoms with Crippen LogP contribution in [0.15, 0.2) is 12.1 Å². The lowest BCUT2D eigenvalue weighted by atomic mass is 10.2. The fourth-order valence-corrected chi connectivity index (χ4v) is 1.19. The summed E-state index contributed by atoms with van der Waals surface area (Å²) in [5, 5.41) is 18.4. The lowest BCUT2D eigenvalue weighted by Gasteiger charge is -2.10. The second-order valence-corrected chi connectivity index (χ2v) is 4.28. The molecule has 0 spiro atoms. The largest absolute Gasteiger partial charge is 0.533 e. The molecule has 0 saturated heterocycles. The first-order valence-corrected chi connectivity index (χ1v) is 4.95. The van der Waals surface area contributed by atoms with Crippen LogP contribution >= 0.6 is 0 Å². The summed E-state index contributed by atoms with van der Waals surface area (Å²) in [6.45, 7) is 2.29. The Balaban J connectivity index is 1.87. The Kier molecular flexibility index (Phi) is 2.41. The van der Waals surface area contributed by atoms with Crippen LogP contribution in [0.2, 0.25) is 0 Å². The molecule has 0 unspecified atom stereocenters. The quantitative estimate of drug-likeness (QED) is 0.760. The van der Waals surface area contributed by atoms with Crippen molar-refractivity contribution in [1.29, 1.82) is 0 Å². The van der Waals surface area contributed by atoms with E-state index in [2.05, 4.69) is 4.84 Å². The molecule has 1 aromatic heterocycles. The Morgan fingerprint density at radius 3 is 2.50 bits per heavy atom. The molecule has 16 heavy (non-hydrogen) atoms. The Morgan fingerprint density at radius 2 is 2.00 bits per heavy atom. The molecule has 1 saturated carbocycles. The van der Waals surface area contributed by atoms with Crippen LogP contribution in [0.4, 0.5) is 4.79 Å². The summed E-state index contributed by atoms with van der Waals surface area (Å²) in [7, 11) is 0. The first-order valence-electron chi connectivity index (χ1n) is 4.95. The number of carbonyl (C=O) groups is 1. The van der Waals surface area contributed by atoms with Crippen LogP contribution in [0.3, 0.4) is 0 Å². The summed E-state index contributed by atoms with van der Waals surface area (Å²) in [5.74, 6) is -0.737. The monoisotopic (exact) mass is 227 g/mol. The van der Waals surface area contributed by atoms with Gasteiger partial charge in [-0.2, -0.15) is 0 Å². The highest BCUT2D eigenvalue weighted by Gasteiger charge is 2.39. The van der Waals surface area contributed by atoms with E-state index in [4.69, 9.17) is 4.74 Å². The second kappa shape index (κ2) is 3.62. The van der Waals surface area contributed by atoms with Crippen LogP contribution in [0.1, 0.15) is 19.8 Å². The van der Waals surface area contributed by atoms with Crippen molar-refractivity contribution in [2.45, 2.75) is 19.8 Å². The molecule has 2 rings (SSSR count). The van der Waals surface area contributed by atoms with Gasteiger partial charge in [-0.05, 0) is 12.8 Å². The smallest absolute Gasteiger partial charge is 0.492 e. The minimum Gasteiger partial charge on any atom is -0.492 e. The van der Waals surface area contributed by atoms with Crippen LogP contribution < -0.4 is 4.84 Å². The van der Waals surface area contributed by atoms with Crippen molar-refractivity contribution in [3.8, 4) is 11.8 Å². The van der Waals surface area contributed by atoms with Crippen molar-refractivity contribution in [2.75, 3.05) is 6.61 Å². The van der Waals surface area contributed by atoms with E-state index in [1.807, 2.05) is 6.92 Å². The maximum atomic E-state index is 11.2. The van der Waals surface area contributed by atoms with E-state index in [1.165, 1.54) is 12.1 Å². The Morgan fingerprint density at radius 1 is 1.44 bits per heavy atom. The van der Waals surface area contributed by atoms with Crippen LogP contribution in [-0.4, -0.2) is 27.7 Å². The third-order valence-corrected chi connectivity index (χ3v) is 2.61. The standard InChI is InChI=1S/C10H13NO5/c1-10(4-5-10)6-15-9(14)16-11-7(12)2-3-8(11)13/h2-3,12-13H,4-6H2,1H3. The molecule has 0 amide bonds. The molecule has 0 radical (unpaired) electrons. The molecule has 0 atom stereocenters. The molecule has 0 aliphatic heterocycles. The van der Waals surface area contributed by atoms with Gasteiger partial charge in [0.1, 0.15) is 6.61 Å². The van der Waals surface area contributed by atoms with Gasteiger partial charge in [-0.1, -0.05) is 6.92 Å².